The minimum absolute atomic E-state index is 0.0181. The molecule has 4 saturated carbocycles. The van der Waals surface area contributed by atoms with E-state index in [1.807, 2.05) is 0 Å². The third kappa shape index (κ3) is 1.87. The van der Waals surface area contributed by atoms with E-state index in [9.17, 15) is 9.59 Å². The molecule has 0 spiro atoms. The predicted octanol–water partition coefficient (Wildman–Crippen LogP) is 2.07. The van der Waals surface area contributed by atoms with Crippen LogP contribution < -0.4 is 5.73 Å². The van der Waals surface area contributed by atoms with E-state index in [0.717, 1.165) is 25.2 Å². The van der Waals surface area contributed by atoms with Crippen LogP contribution in [0.15, 0.2) is 0 Å². The molecular formula is C17H26N2O2. The lowest BCUT2D eigenvalue weighted by atomic mass is 9.42. The second-order valence-electron chi connectivity index (χ2n) is 9.16. The van der Waals surface area contributed by atoms with Gasteiger partial charge in [-0.05, 0) is 55.3 Å². The zero-order valence-corrected chi connectivity index (χ0v) is 13.2. The minimum Gasteiger partial charge on any atom is -0.369 e. The fourth-order valence-corrected chi connectivity index (χ4v) is 7.04. The van der Waals surface area contributed by atoms with Gasteiger partial charge in [0, 0.05) is 18.5 Å². The van der Waals surface area contributed by atoms with Gasteiger partial charge in [-0.3, -0.25) is 9.59 Å². The zero-order chi connectivity index (χ0) is 15.0. The smallest absolute Gasteiger partial charge is 0.223 e. The van der Waals surface area contributed by atoms with Crippen molar-refractivity contribution in [3.63, 3.8) is 0 Å². The summed E-state index contributed by atoms with van der Waals surface area (Å²) < 4.78 is 0. The van der Waals surface area contributed by atoms with Gasteiger partial charge in [-0.2, -0.15) is 0 Å². The van der Waals surface area contributed by atoms with Crippen LogP contribution in [0.25, 0.3) is 0 Å². The quantitative estimate of drug-likeness (QED) is 0.846. The van der Waals surface area contributed by atoms with Crippen molar-refractivity contribution < 1.29 is 9.59 Å². The molecule has 0 radical (unpaired) electrons. The van der Waals surface area contributed by atoms with E-state index in [-0.39, 0.29) is 23.3 Å². The highest BCUT2D eigenvalue weighted by Crippen LogP contribution is 2.68. The number of carbonyl (C=O) groups excluding carboxylic acids is 2. The van der Waals surface area contributed by atoms with Crippen molar-refractivity contribution in [2.45, 2.75) is 64.3 Å². The summed E-state index contributed by atoms with van der Waals surface area (Å²) in [6.45, 7) is 5.39. The lowest BCUT2D eigenvalue weighted by molar-refractivity contribution is -0.170. The van der Waals surface area contributed by atoms with E-state index < -0.39 is 0 Å². The number of amides is 2. The van der Waals surface area contributed by atoms with Crippen LogP contribution in [0.1, 0.15) is 58.8 Å². The summed E-state index contributed by atoms with van der Waals surface area (Å²) in [4.78, 5) is 26.1. The third-order valence-corrected chi connectivity index (χ3v) is 6.70. The fourth-order valence-electron chi connectivity index (χ4n) is 7.04. The number of hydrogen-bond donors (Lipinski definition) is 1. The summed E-state index contributed by atoms with van der Waals surface area (Å²) in [5.74, 6) is 0.337. The Bertz CT molecular complexity index is 511. The average molecular weight is 290 g/mol. The van der Waals surface area contributed by atoms with E-state index in [4.69, 9.17) is 5.73 Å². The number of rotatable bonds is 2. The van der Waals surface area contributed by atoms with Gasteiger partial charge < -0.3 is 10.6 Å². The van der Waals surface area contributed by atoms with Gasteiger partial charge in [-0.15, -0.1) is 0 Å². The Morgan fingerprint density at radius 3 is 2.24 bits per heavy atom. The standard InChI is InChI=1S/C17H26N2O2/c1-15-4-11-5-16(2,8-15)10-17(6-11,9-15)19-7-12(14(18)21)3-13(19)20/h11-12H,3-10H2,1-2H3,(H2,18,21)/t11?,12-,15-,16-,17?/m1/s1. The number of nitrogens with two attached hydrogens (primary N) is 1. The first-order chi connectivity index (χ1) is 9.73. The largest absolute Gasteiger partial charge is 0.369 e. The fraction of sp³-hybridized carbons (Fsp3) is 0.882. The second kappa shape index (κ2) is 3.82. The van der Waals surface area contributed by atoms with Crippen molar-refractivity contribution in [2.24, 2.45) is 28.4 Å². The Balaban J connectivity index is 1.68. The van der Waals surface area contributed by atoms with Crippen LogP contribution in [-0.2, 0) is 9.59 Å². The Hall–Kier alpha value is -1.06. The van der Waals surface area contributed by atoms with E-state index >= 15 is 0 Å². The maximum Gasteiger partial charge on any atom is 0.223 e. The van der Waals surface area contributed by atoms with Gasteiger partial charge >= 0.3 is 0 Å². The molecule has 5 aliphatic rings. The van der Waals surface area contributed by atoms with E-state index in [1.54, 1.807) is 0 Å². The number of likely N-dealkylation sites (tertiary alicyclic amines) is 1. The molecule has 5 rings (SSSR count). The molecule has 1 aliphatic heterocycles. The lowest BCUT2D eigenvalue weighted by Crippen LogP contribution is -2.65. The molecule has 5 fully saturated rings. The molecule has 0 unspecified atom stereocenters. The Morgan fingerprint density at radius 1 is 1.14 bits per heavy atom. The molecule has 4 heteroatoms. The maximum atomic E-state index is 12.5. The van der Waals surface area contributed by atoms with Crippen LogP contribution >= 0.6 is 0 Å². The normalized spacial score (nSPS) is 51.7. The SMILES string of the molecule is C[C@]12CC3CC(N4C[C@H](C(N)=O)CC4=O)(C1)C[C@](C)(C3)C2. The van der Waals surface area contributed by atoms with Gasteiger partial charge in [0.2, 0.25) is 11.8 Å². The van der Waals surface area contributed by atoms with Crippen LogP contribution in [0.5, 0.6) is 0 Å². The summed E-state index contributed by atoms with van der Waals surface area (Å²) in [5.41, 5.74) is 6.24. The summed E-state index contributed by atoms with van der Waals surface area (Å²) >= 11 is 0. The molecule has 116 valence electrons. The topological polar surface area (TPSA) is 63.4 Å². The van der Waals surface area contributed by atoms with Gasteiger partial charge in [-0.25, -0.2) is 0 Å². The molecule has 0 aromatic carbocycles. The molecule has 0 aromatic rings. The average Bonchev–Trinajstić information content (AvgIpc) is 2.67. The number of primary amides is 1. The monoisotopic (exact) mass is 290 g/mol. The van der Waals surface area contributed by atoms with Crippen molar-refractivity contribution in [1.29, 1.82) is 0 Å². The molecule has 2 N–H and O–H groups in total. The number of carbonyl (C=O) groups is 2. The van der Waals surface area contributed by atoms with Crippen molar-refractivity contribution in [1.82, 2.24) is 4.90 Å². The molecular weight excluding hydrogens is 264 g/mol. The van der Waals surface area contributed by atoms with Crippen LogP contribution in [0, 0.1) is 22.7 Å². The van der Waals surface area contributed by atoms with Crippen molar-refractivity contribution >= 4 is 11.8 Å². The maximum absolute atomic E-state index is 12.5. The molecule has 0 aromatic heterocycles. The molecule has 2 amide bonds. The van der Waals surface area contributed by atoms with E-state index in [1.165, 1.54) is 19.3 Å². The van der Waals surface area contributed by atoms with Crippen LogP contribution in [-0.4, -0.2) is 28.8 Å². The molecule has 4 nitrogen and oxygen atoms in total. The summed E-state index contributed by atoms with van der Waals surface area (Å²) in [6.07, 6.45) is 7.69. The van der Waals surface area contributed by atoms with Gasteiger partial charge in [-0.1, -0.05) is 13.8 Å². The van der Waals surface area contributed by atoms with Gasteiger partial charge in [0.25, 0.3) is 0 Å². The molecule has 1 saturated heterocycles. The summed E-state index contributed by atoms with van der Waals surface area (Å²) in [6, 6.07) is 0. The number of hydrogen-bond acceptors (Lipinski definition) is 2. The van der Waals surface area contributed by atoms with Crippen LogP contribution in [0.4, 0.5) is 0 Å². The highest BCUT2D eigenvalue weighted by Gasteiger charge is 2.63. The van der Waals surface area contributed by atoms with Gasteiger partial charge in [0.1, 0.15) is 0 Å². The van der Waals surface area contributed by atoms with Gasteiger partial charge in [0.05, 0.1) is 5.92 Å². The first-order valence-corrected chi connectivity index (χ1v) is 8.33. The summed E-state index contributed by atoms with van der Waals surface area (Å²) in [5, 5.41) is 0. The molecule has 4 aliphatic carbocycles. The predicted molar refractivity (Wildman–Crippen MR) is 79.2 cm³/mol. The molecule has 4 bridgehead atoms. The van der Waals surface area contributed by atoms with E-state index in [0.29, 0.717) is 23.8 Å². The second-order valence-corrected chi connectivity index (χ2v) is 9.16. The Morgan fingerprint density at radius 2 is 1.76 bits per heavy atom. The highest BCUT2D eigenvalue weighted by atomic mass is 16.2. The first-order valence-electron chi connectivity index (χ1n) is 8.33. The first kappa shape index (κ1) is 13.6. The highest BCUT2D eigenvalue weighted by molar-refractivity contribution is 5.89. The van der Waals surface area contributed by atoms with Crippen molar-refractivity contribution in [2.75, 3.05) is 6.54 Å². The molecule has 3 atom stereocenters. The third-order valence-electron chi connectivity index (χ3n) is 6.70. The van der Waals surface area contributed by atoms with E-state index in [2.05, 4.69) is 18.7 Å². The molecule has 1 heterocycles. The van der Waals surface area contributed by atoms with Gasteiger partial charge in [0.15, 0.2) is 0 Å². The lowest BCUT2D eigenvalue weighted by Gasteiger charge is -2.67. The Kier molecular flexibility index (Phi) is 2.47. The van der Waals surface area contributed by atoms with Crippen molar-refractivity contribution in [3.05, 3.63) is 0 Å². The summed E-state index contributed by atoms with van der Waals surface area (Å²) in [7, 11) is 0. The zero-order valence-electron chi connectivity index (χ0n) is 13.2. The number of nitrogens with zero attached hydrogens (tertiary/aromatic N) is 1. The minimum atomic E-state index is -0.312. The van der Waals surface area contributed by atoms with Crippen LogP contribution in [0.2, 0.25) is 0 Å². The van der Waals surface area contributed by atoms with Crippen LogP contribution in [0.3, 0.4) is 0 Å². The van der Waals surface area contributed by atoms with Crippen molar-refractivity contribution in [3.8, 4) is 0 Å². The Labute approximate surface area is 126 Å². The molecule has 21 heavy (non-hydrogen) atoms.